The molecule has 3 rings (SSSR count). The molecule has 3 heterocycles. The summed E-state index contributed by atoms with van der Waals surface area (Å²) in [6.07, 6.45) is 5.06. The number of aromatic nitrogens is 5. The van der Waals surface area contributed by atoms with Crippen LogP contribution in [0.5, 0.6) is 0 Å². The summed E-state index contributed by atoms with van der Waals surface area (Å²) in [5.41, 5.74) is 0.975. The van der Waals surface area contributed by atoms with Gasteiger partial charge in [0.25, 0.3) is 0 Å². The van der Waals surface area contributed by atoms with E-state index in [1.165, 1.54) is 0 Å². The zero-order valence-electron chi connectivity index (χ0n) is 12.8. The van der Waals surface area contributed by atoms with Crippen LogP contribution in [0.15, 0.2) is 48.8 Å². The summed E-state index contributed by atoms with van der Waals surface area (Å²) in [6.45, 7) is 4.33. The molecule has 112 valence electrons. The van der Waals surface area contributed by atoms with Crippen LogP contribution in [0.25, 0.3) is 5.82 Å². The van der Waals surface area contributed by atoms with Gasteiger partial charge in [-0.25, -0.2) is 9.97 Å². The molecule has 0 aliphatic rings. The molecular formula is C17H19N5. The fourth-order valence-electron chi connectivity index (χ4n) is 2.29. The summed E-state index contributed by atoms with van der Waals surface area (Å²) in [7, 11) is 0. The molecule has 0 aromatic carbocycles. The maximum atomic E-state index is 4.69. The monoisotopic (exact) mass is 293 g/mol. The predicted octanol–water partition coefficient (Wildman–Crippen LogP) is 2.85. The van der Waals surface area contributed by atoms with Crippen molar-refractivity contribution < 1.29 is 0 Å². The minimum absolute atomic E-state index is 0.516. The first-order valence-electron chi connectivity index (χ1n) is 7.48. The standard InChI is InChI=1S/C17H19N5/c1-13(2)11-15-20-17(12-14-7-3-5-9-18-14)22(21-15)16-8-4-6-10-19-16/h3-10,13H,11-12H2,1-2H3. The Kier molecular flexibility index (Phi) is 4.23. The van der Waals surface area contributed by atoms with Crippen molar-refractivity contribution in [2.24, 2.45) is 5.92 Å². The van der Waals surface area contributed by atoms with Gasteiger partial charge in [0.15, 0.2) is 11.6 Å². The highest BCUT2D eigenvalue weighted by atomic mass is 15.4. The normalized spacial score (nSPS) is 11.0. The Balaban J connectivity index is 1.97. The maximum absolute atomic E-state index is 4.69. The van der Waals surface area contributed by atoms with E-state index in [9.17, 15) is 0 Å². The van der Waals surface area contributed by atoms with E-state index in [4.69, 9.17) is 4.98 Å². The Bertz CT molecular complexity index is 719. The summed E-state index contributed by atoms with van der Waals surface area (Å²) in [5.74, 6) is 3.03. The summed E-state index contributed by atoms with van der Waals surface area (Å²) in [6, 6.07) is 11.7. The zero-order chi connectivity index (χ0) is 15.4. The first-order valence-corrected chi connectivity index (χ1v) is 7.48. The quantitative estimate of drug-likeness (QED) is 0.726. The van der Waals surface area contributed by atoms with Crippen LogP contribution < -0.4 is 0 Å². The Morgan fingerprint density at radius 1 is 1.00 bits per heavy atom. The van der Waals surface area contributed by atoms with Crippen molar-refractivity contribution in [3.63, 3.8) is 0 Å². The molecule has 0 aliphatic heterocycles. The van der Waals surface area contributed by atoms with Gasteiger partial charge in [-0.1, -0.05) is 26.0 Å². The third kappa shape index (κ3) is 3.36. The number of hydrogen-bond acceptors (Lipinski definition) is 4. The number of hydrogen-bond donors (Lipinski definition) is 0. The molecule has 3 aromatic heterocycles. The minimum Gasteiger partial charge on any atom is -0.261 e. The Hall–Kier alpha value is -2.56. The molecule has 0 fully saturated rings. The average Bonchev–Trinajstić information content (AvgIpc) is 2.91. The van der Waals surface area contributed by atoms with Gasteiger partial charge in [-0.15, -0.1) is 5.10 Å². The first-order chi connectivity index (χ1) is 10.7. The minimum atomic E-state index is 0.516. The van der Waals surface area contributed by atoms with Crippen LogP contribution in [0.1, 0.15) is 31.2 Å². The molecule has 3 aromatic rings. The first kappa shape index (κ1) is 14.4. The van der Waals surface area contributed by atoms with Crippen LogP contribution in [0.3, 0.4) is 0 Å². The molecule has 0 N–H and O–H groups in total. The Morgan fingerprint density at radius 2 is 1.77 bits per heavy atom. The van der Waals surface area contributed by atoms with E-state index in [-0.39, 0.29) is 0 Å². The molecule has 0 amide bonds. The number of rotatable bonds is 5. The third-order valence-corrected chi connectivity index (χ3v) is 3.24. The van der Waals surface area contributed by atoms with Crippen LogP contribution in [0, 0.1) is 5.92 Å². The maximum Gasteiger partial charge on any atom is 0.155 e. The Labute approximate surface area is 130 Å². The molecule has 0 spiro atoms. The topological polar surface area (TPSA) is 56.5 Å². The highest BCUT2D eigenvalue weighted by molar-refractivity contribution is 5.24. The van der Waals surface area contributed by atoms with Crippen LogP contribution in [0.2, 0.25) is 0 Å². The van der Waals surface area contributed by atoms with Crippen LogP contribution in [-0.4, -0.2) is 24.7 Å². The van der Waals surface area contributed by atoms with Crippen molar-refractivity contribution in [3.8, 4) is 5.82 Å². The predicted molar refractivity (Wildman–Crippen MR) is 84.7 cm³/mol. The molecule has 0 saturated carbocycles. The summed E-state index contributed by atoms with van der Waals surface area (Å²) < 4.78 is 1.83. The van der Waals surface area contributed by atoms with Crippen molar-refractivity contribution in [3.05, 3.63) is 66.1 Å². The molecule has 5 heteroatoms. The lowest BCUT2D eigenvalue weighted by molar-refractivity contribution is 0.618. The summed E-state index contributed by atoms with van der Waals surface area (Å²) in [5, 5.41) is 4.63. The summed E-state index contributed by atoms with van der Waals surface area (Å²) in [4.78, 5) is 13.5. The van der Waals surface area contributed by atoms with Gasteiger partial charge in [0, 0.05) is 24.5 Å². The van der Waals surface area contributed by atoms with E-state index in [1.54, 1.807) is 12.4 Å². The van der Waals surface area contributed by atoms with Crippen LogP contribution in [0.4, 0.5) is 0 Å². The fraction of sp³-hybridized carbons (Fsp3) is 0.294. The summed E-state index contributed by atoms with van der Waals surface area (Å²) >= 11 is 0. The van der Waals surface area contributed by atoms with Gasteiger partial charge in [0.05, 0.1) is 6.42 Å². The molecule has 0 unspecified atom stereocenters. The zero-order valence-corrected chi connectivity index (χ0v) is 12.8. The van der Waals surface area contributed by atoms with E-state index < -0.39 is 0 Å². The highest BCUT2D eigenvalue weighted by Gasteiger charge is 2.14. The molecule has 0 aliphatic carbocycles. The van der Waals surface area contributed by atoms with E-state index in [0.29, 0.717) is 12.3 Å². The van der Waals surface area contributed by atoms with E-state index in [2.05, 4.69) is 28.9 Å². The van der Waals surface area contributed by atoms with E-state index in [0.717, 1.165) is 29.6 Å². The lowest BCUT2D eigenvalue weighted by Gasteiger charge is -2.04. The van der Waals surface area contributed by atoms with Crippen molar-refractivity contribution >= 4 is 0 Å². The number of pyridine rings is 2. The van der Waals surface area contributed by atoms with Gasteiger partial charge in [-0.2, -0.15) is 4.68 Å². The number of nitrogens with zero attached hydrogens (tertiary/aromatic N) is 5. The van der Waals surface area contributed by atoms with Gasteiger partial charge in [-0.05, 0) is 30.2 Å². The van der Waals surface area contributed by atoms with Gasteiger partial charge in [0.2, 0.25) is 0 Å². The molecule has 22 heavy (non-hydrogen) atoms. The van der Waals surface area contributed by atoms with Crippen molar-refractivity contribution in [1.29, 1.82) is 0 Å². The SMILES string of the molecule is CC(C)Cc1nc(Cc2ccccn2)n(-c2ccccn2)n1. The second kappa shape index (κ2) is 6.47. The molecule has 0 saturated heterocycles. The molecule has 0 atom stereocenters. The average molecular weight is 293 g/mol. The van der Waals surface area contributed by atoms with Crippen LogP contribution >= 0.6 is 0 Å². The molecule has 0 radical (unpaired) electrons. The van der Waals surface area contributed by atoms with Crippen molar-refractivity contribution in [1.82, 2.24) is 24.7 Å². The molecule has 5 nitrogen and oxygen atoms in total. The van der Waals surface area contributed by atoms with Crippen molar-refractivity contribution in [2.45, 2.75) is 26.7 Å². The lowest BCUT2D eigenvalue weighted by Crippen LogP contribution is -2.06. The van der Waals surface area contributed by atoms with E-state index in [1.807, 2.05) is 41.1 Å². The van der Waals surface area contributed by atoms with Gasteiger partial charge >= 0.3 is 0 Å². The van der Waals surface area contributed by atoms with E-state index >= 15 is 0 Å². The second-order valence-corrected chi connectivity index (χ2v) is 5.64. The fourth-order valence-corrected chi connectivity index (χ4v) is 2.29. The van der Waals surface area contributed by atoms with Crippen molar-refractivity contribution in [2.75, 3.05) is 0 Å². The van der Waals surface area contributed by atoms with Gasteiger partial charge < -0.3 is 0 Å². The third-order valence-electron chi connectivity index (χ3n) is 3.24. The van der Waals surface area contributed by atoms with Crippen LogP contribution in [-0.2, 0) is 12.8 Å². The van der Waals surface area contributed by atoms with Gasteiger partial charge in [-0.3, -0.25) is 4.98 Å². The highest BCUT2D eigenvalue weighted by Crippen LogP contribution is 2.13. The molecular weight excluding hydrogens is 274 g/mol. The van der Waals surface area contributed by atoms with Gasteiger partial charge in [0.1, 0.15) is 5.82 Å². The second-order valence-electron chi connectivity index (χ2n) is 5.64. The Morgan fingerprint density at radius 3 is 2.41 bits per heavy atom. The smallest absolute Gasteiger partial charge is 0.155 e. The largest absolute Gasteiger partial charge is 0.261 e. The lowest BCUT2D eigenvalue weighted by atomic mass is 10.1. The molecule has 0 bridgehead atoms.